The van der Waals surface area contributed by atoms with Crippen molar-refractivity contribution in [3.05, 3.63) is 29.3 Å². The molecule has 0 spiro atoms. The first-order valence-electron chi connectivity index (χ1n) is 10.2. The molecule has 2 heterocycles. The molecule has 1 aliphatic carbocycles. The molecule has 7 nitrogen and oxygen atoms in total. The summed E-state index contributed by atoms with van der Waals surface area (Å²) in [6, 6.07) is 6.30. The average Bonchev–Trinajstić information content (AvgIpc) is 3.03. The number of carbonyl (C=O) groups excluding carboxylic acids is 3. The Kier molecular flexibility index (Phi) is 5.10. The minimum Gasteiger partial charge on any atom is -0.370 e. The fourth-order valence-electron chi connectivity index (χ4n) is 4.88. The van der Waals surface area contributed by atoms with Crippen LogP contribution in [0.3, 0.4) is 0 Å². The third-order valence-corrected chi connectivity index (χ3v) is 6.51. The van der Waals surface area contributed by atoms with Crippen LogP contribution in [0, 0.1) is 0 Å². The number of nitrogens with zero attached hydrogens (tertiary/aromatic N) is 2. The second-order valence-electron chi connectivity index (χ2n) is 8.10. The third kappa shape index (κ3) is 3.28. The van der Waals surface area contributed by atoms with Gasteiger partial charge in [0.15, 0.2) is 0 Å². The van der Waals surface area contributed by atoms with Crippen molar-refractivity contribution in [3.63, 3.8) is 0 Å². The van der Waals surface area contributed by atoms with E-state index in [0.717, 1.165) is 17.7 Å². The van der Waals surface area contributed by atoms with Crippen molar-refractivity contribution in [2.75, 3.05) is 19.0 Å². The molecule has 2 aliphatic heterocycles. The standard InChI is InChI=1S/C21H28N4O3/c1-22-16-5-3-4-6-17(16)24(2)14-7-8-15-13(11-14)12-25(21(15)28)18-9-10-19(26)23-20(18)27/h7-8,11,16-18,22H,3-6,9-10,12H2,1-2H3,(H,23,26,27)/t16-,17-,18?/m1/s1. The Morgan fingerprint density at radius 3 is 2.68 bits per heavy atom. The second-order valence-corrected chi connectivity index (χ2v) is 8.10. The first-order chi connectivity index (χ1) is 13.5. The molecule has 4 rings (SSSR count). The topological polar surface area (TPSA) is 81.8 Å². The number of carbonyl (C=O) groups is 3. The molecule has 7 heteroatoms. The molecule has 0 bridgehead atoms. The van der Waals surface area contributed by atoms with Gasteiger partial charge in [-0.1, -0.05) is 12.8 Å². The Morgan fingerprint density at radius 2 is 1.93 bits per heavy atom. The predicted molar refractivity (Wildman–Crippen MR) is 106 cm³/mol. The molecule has 3 aliphatic rings. The molecule has 28 heavy (non-hydrogen) atoms. The summed E-state index contributed by atoms with van der Waals surface area (Å²) in [5.74, 6) is -0.751. The van der Waals surface area contributed by atoms with Crippen LogP contribution in [0.4, 0.5) is 5.69 Å². The van der Waals surface area contributed by atoms with Gasteiger partial charge in [-0.3, -0.25) is 19.7 Å². The number of benzene rings is 1. The molecule has 2 fully saturated rings. The van der Waals surface area contributed by atoms with Crippen molar-refractivity contribution in [1.29, 1.82) is 0 Å². The Labute approximate surface area is 165 Å². The number of piperidine rings is 1. The van der Waals surface area contributed by atoms with E-state index in [4.69, 9.17) is 0 Å². The summed E-state index contributed by atoms with van der Waals surface area (Å²) in [5.41, 5.74) is 2.72. The van der Waals surface area contributed by atoms with Crippen molar-refractivity contribution in [3.8, 4) is 0 Å². The van der Waals surface area contributed by atoms with Gasteiger partial charge in [0.2, 0.25) is 11.8 Å². The van der Waals surface area contributed by atoms with E-state index in [-0.39, 0.29) is 24.1 Å². The van der Waals surface area contributed by atoms with E-state index >= 15 is 0 Å². The van der Waals surface area contributed by atoms with Crippen LogP contribution in [0.25, 0.3) is 0 Å². The van der Waals surface area contributed by atoms with Crippen LogP contribution < -0.4 is 15.5 Å². The lowest BCUT2D eigenvalue weighted by Crippen LogP contribution is -2.52. The molecule has 1 unspecified atom stereocenters. The van der Waals surface area contributed by atoms with E-state index in [1.165, 1.54) is 19.3 Å². The van der Waals surface area contributed by atoms with Crippen LogP contribution in [0.2, 0.25) is 0 Å². The molecule has 1 saturated heterocycles. The SMILES string of the molecule is CN[C@@H]1CCCC[C@H]1N(C)c1ccc2c(c1)CN(C1CCC(=O)NC1=O)C2=O. The van der Waals surface area contributed by atoms with Gasteiger partial charge in [0.1, 0.15) is 6.04 Å². The minimum absolute atomic E-state index is 0.121. The monoisotopic (exact) mass is 384 g/mol. The number of hydrogen-bond acceptors (Lipinski definition) is 5. The summed E-state index contributed by atoms with van der Waals surface area (Å²) < 4.78 is 0. The maximum atomic E-state index is 12.8. The van der Waals surface area contributed by atoms with Crippen molar-refractivity contribution >= 4 is 23.4 Å². The Balaban J connectivity index is 1.54. The lowest BCUT2D eigenvalue weighted by molar-refractivity contribution is -0.136. The van der Waals surface area contributed by atoms with Gasteiger partial charge in [0, 0.05) is 43.3 Å². The zero-order valence-corrected chi connectivity index (χ0v) is 16.5. The van der Waals surface area contributed by atoms with Gasteiger partial charge in [0.25, 0.3) is 5.91 Å². The second kappa shape index (κ2) is 7.54. The Morgan fingerprint density at radius 1 is 1.14 bits per heavy atom. The molecule has 2 N–H and O–H groups in total. The molecule has 1 aromatic carbocycles. The number of amides is 3. The zero-order valence-electron chi connectivity index (χ0n) is 16.5. The lowest BCUT2D eigenvalue weighted by Gasteiger charge is -2.39. The molecule has 3 amide bonds. The van der Waals surface area contributed by atoms with Gasteiger partial charge in [-0.15, -0.1) is 0 Å². The van der Waals surface area contributed by atoms with E-state index in [1.54, 1.807) is 4.90 Å². The van der Waals surface area contributed by atoms with Gasteiger partial charge in [-0.25, -0.2) is 0 Å². The van der Waals surface area contributed by atoms with Crippen molar-refractivity contribution in [2.24, 2.45) is 0 Å². The fourth-order valence-corrected chi connectivity index (χ4v) is 4.88. The number of rotatable bonds is 4. The summed E-state index contributed by atoms with van der Waals surface area (Å²) in [6.45, 7) is 0.419. The van der Waals surface area contributed by atoms with Crippen molar-refractivity contribution < 1.29 is 14.4 Å². The number of nitrogens with one attached hydrogen (secondary N) is 2. The summed E-state index contributed by atoms with van der Waals surface area (Å²) in [6.07, 6.45) is 5.49. The number of fused-ring (bicyclic) bond motifs is 1. The van der Waals surface area contributed by atoms with E-state index in [1.807, 2.05) is 19.2 Å². The van der Waals surface area contributed by atoms with Gasteiger partial charge >= 0.3 is 0 Å². The predicted octanol–water partition coefficient (Wildman–Crippen LogP) is 1.41. The smallest absolute Gasteiger partial charge is 0.255 e. The van der Waals surface area contributed by atoms with Gasteiger partial charge in [-0.05, 0) is 50.1 Å². The third-order valence-electron chi connectivity index (χ3n) is 6.51. The molecule has 0 radical (unpaired) electrons. The van der Waals surface area contributed by atoms with Crippen LogP contribution >= 0.6 is 0 Å². The van der Waals surface area contributed by atoms with E-state index < -0.39 is 6.04 Å². The van der Waals surface area contributed by atoms with Crippen LogP contribution in [0.15, 0.2) is 18.2 Å². The van der Waals surface area contributed by atoms with Crippen molar-refractivity contribution in [2.45, 2.75) is 63.2 Å². The highest BCUT2D eigenvalue weighted by Crippen LogP contribution is 2.32. The Bertz CT molecular complexity index is 809. The highest BCUT2D eigenvalue weighted by atomic mass is 16.2. The van der Waals surface area contributed by atoms with Gasteiger partial charge in [0.05, 0.1) is 0 Å². The number of hydrogen-bond donors (Lipinski definition) is 2. The normalized spacial score (nSPS) is 27.6. The molecule has 1 saturated carbocycles. The summed E-state index contributed by atoms with van der Waals surface area (Å²) >= 11 is 0. The number of imide groups is 1. The number of anilines is 1. The molecule has 0 aromatic heterocycles. The summed E-state index contributed by atoms with van der Waals surface area (Å²) in [4.78, 5) is 40.4. The zero-order chi connectivity index (χ0) is 19.8. The highest BCUT2D eigenvalue weighted by Gasteiger charge is 2.39. The Hall–Kier alpha value is -2.41. The van der Waals surface area contributed by atoms with Crippen LogP contribution in [-0.2, 0) is 16.1 Å². The highest BCUT2D eigenvalue weighted by molar-refractivity contribution is 6.05. The van der Waals surface area contributed by atoms with Crippen LogP contribution in [0.1, 0.15) is 54.4 Å². The first-order valence-corrected chi connectivity index (χ1v) is 10.2. The quantitative estimate of drug-likeness (QED) is 0.768. The summed E-state index contributed by atoms with van der Waals surface area (Å²) in [5, 5.41) is 5.80. The first kappa shape index (κ1) is 18.9. The number of likely N-dealkylation sites (N-methyl/N-ethyl adjacent to an activating group) is 2. The van der Waals surface area contributed by atoms with Gasteiger partial charge in [-0.2, -0.15) is 0 Å². The van der Waals surface area contributed by atoms with Gasteiger partial charge < -0.3 is 15.1 Å². The maximum absolute atomic E-state index is 12.8. The minimum atomic E-state index is -0.564. The molecular weight excluding hydrogens is 356 g/mol. The maximum Gasteiger partial charge on any atom is 0.255 e. The van der Waals surface area contributed by atoms with Crippen LogP contribution in [-0.4, -0.2) is 54.8 Å². The van der Waals surface area contributed by atoms with E-state index in [2.05, 4.69) is 28.6 Å². The average molecular weight is 384 g/mol. The van der Waals surface area contributed by atoms with Crippen LogP contribution in [0.5, 0.6) is 0 Å². The summed E-state index contributed by atoms with van der Waals surface area (Å²) in [7, 11) is 4.15. The van der Waals surface area contributed by atoms with Crippen molar-refractivity contribution in [1.82, 2.24) is 15.5 Å². The van der Waals surface area contributed by atoms with E-state index in [0.29, 0.717) is 30.6 Å². The molecule has 3 atom stereocenters. The molecular formula is C21H28N4O3. The molecule has 1 aromatic rings. The lowest BCUT2D eigenvalue weighted by atomic mass is 9.89. The largest absolute Gasteiger partial charge is 0.370 e. The van der Waals surface area contributed by atoms with E-state index in [9.17, 15) is 14.4 Å². The molecule has 150 valence electrons. The fraction of sp³-hybridized carbons (Fsp3) is 0.571.